The maximum absolute atomic E-state index is 14.6. The lowest BCUT2D eigenvalue weighted by Crippen LogP contribution is -2.34. The van der Waals surface area contributed by atoms with Gasteiger partial charge >= 0.3 is 24.0 Å². The van der Waals surface area contributed by atoms with Crippen LogP contribution in [0, 0.1) is 5.82 Å². The van der Waals surface area contributed by atoms with Crippen LogP contribution in [0.4, 0.5) is 30.7 Å². The van der Waals surface area contributed by atoms with Gasteiger partial charge in [0.1, 0.15) is 23.1 Å². The largest absolute Gasteiger partial charge is 0.489 e. The quantitative estimate of drug-likeness (QED) is 0.334. The molecule has 4 aromatic rings. The van der Waals surface area contributed by atoms with Crippen LogP contribution < -0.4 is 16.0 Å². The molecular formula is C22H11F7N2O5S. The van der Waals surface area contributed by atoms with Crippen molar-refractivity contribution >= 4 is 28.2 Å². The highest BCUT2D eigenvalue weighted by molar-refractivity contribution is 7.13. The van der Waals surface area contributed by atoms with Gasteiger partial charge in [0.15, 0.2) is 0 Å². The van der Waals surface area contributed by atoms with Crippen LogP contribution in [-0.2, 0) is 19.0 Å². The van der Waals surface area contributed by atoms with Crippen molar-refractivity contribution in [2.45, 2.75) is 19.0 Å². The molecule has 4 rings (SSSR count). The highest BCUT2D eigenvalue weighted by Crippen LogP contribution is 2.40. The number of carboxylic acid groups (broad SMARTS) is 1. The summed E-state index contributed by atoms with van der Waals surface area (Å²) < 4.78 is 100. The fraction of sp³-hybridized carbons (Fsp3) is 0.136. The van der Waals surface area contributed by atoms with E-state index in [4.69, 9.17) is 4.74 Å². The third kappa shape index (κ3) is 4.81. The third-order valence-corrected chi connectivity index (χ3v) is 6.14. The number of nitrogens with one attached hydrogen (secondary N) is 1. The highest BCUT2D eigenvalue weighted by Gasteiger charge is 2.40. The van der Waals surface area contributed by atoms with Crippen LogP contribution >= 0.6 is 11.3 Å². The molecule has 0 saturated carbocycles. The SMILES string of the molecule is O=C(O)c1scc2[nH]c(=O)n(-c3cc(OCc4c(C(F)(F)F)cccc4C(F)(F)F)ccc3F)c(=O)c12. The summed E-state index contributed by atoms with van der Waals surface area (Å²) >= 11 is 0.632. The second-order valence-corrected chi connectivity index (χ2v) is 8.34. The van der Waals surface area contributed by atoms with Crippen LogP contribution in [0.5, 0.6) is 5.75 Å². The Morgan fingerprint density at radius 2 is 1.65 bits per heavy atom. The second kappa shape index (κ2) is 9.06. The van der Waals surface area contributed by atoms with E-state index in [0.717, 1.165) is 6.07 Å². The molecule has 2 aromatic heterocycles. The number of hydrogen-bond donors (Lipinski definition) is 2. The minimum Gasteiger partial charge on any atom is -0.489 e. The molecule has 0 aliphatic heterocycles. The van der Waals surface area contributed by atoms with E-state index in [0.29, 0.717) is 41.7 Å². The van der Waals surface area contributed by atoms with Crippen LogP contribution in [0.3, 0.4) is 0 Å². The first-order valence-electron chi connectivity index (χ1n) is 9.89. The van der Waals surface area contributed by atoms with E-state index in [2.05, 4.69) is 4.98 Å². The fourth-order valence-corrected chi connectivity index (χ4v) is 4.42. The number of aromatic amines is 1. The van der Waals surface area contributed by atoms with E-state index in [1.165, 1.54) is 5.38 Å². The van der Waals surface area contributed by atoms with E-state index in [9.17, 15) is 50.2 Å². The molecule has 0 atom stereocenters. The number of carboxylic acids is 1. The molecule has 194 valence electrons. The summed E-state index contributed by atoms with van der Waals surface area (Å²) in [4.78, 5) is 38.6. The zero-order valence-electron chi connectivity index (χ0n) is 17.8. The lowest BCUT2D eigenvalue weighted by Gasteiger charge is -2.19. The molecule has 15 heteroatoms. The molecule has 0 amide bonds. The maximum Gasteiger partial charge on any atom is 0.416 e. The van der Waals surface area contributed by atoms with E-state index >= 15 is 0 Å². The molecular weight excluding hydrogens is 537 g/mol. The number of H-pyrrole nitrogens is 1. The van der Waals surface area contributed by atoms with Gasteiger partial charge in [-0.05, 0) is 24.3 Å². The van der Waals surface area contributed by atoms with E-state index in [1.807, 2.05) is 0 Å². The van der Waals surface area contributed by atoms with Crippen LogP contribution in [-0.4, -0.2) is 20.6 Å². The molecule has 0 radical (unpaired) electrons. The van der Waals surface area contributed by atoms with Crippen molar-refractivity contribution in [3.05, 3.63) is 90.0 Å². The number of ether oxygens (including phenoxy) is 1. The number of alkyl halides is 6. The molecule has 0 fully saturated rings. The lowest BCUT2D eigenvalue weighted by molar-refractivity contribution is -0.145. The zero-order valence-corrected chi connectivity index (χ0v) is 18.6. The van der Waals surface area contributed by atoms with Crippen LogP contribution in [0.25, 0.3) is 16.6 Å². The predicted molar refractivity (Wildman–Crippen MR) is 116 cm³/mol. The van der Waals surface area contributed by atoms with Crippen LogP contribution in [0.1, 0.15) is 26.4 Å². The Bertz CT molecular complexity index is 1620. The van der Waals surface area contributed by atoms with Gasteiger partial charge in [-0.15, -0.1) is 11.3 Å². The summed E-state index contributed by atoms with van der Waals surface area (Å²) in [6, 6.07) is 3.74. The highest BCUT2D eigenvalue weighted by atomic mass is 32.1. The molecule has 2 heterocycles. The van der Waals surface area contributed by atoms with Crippen molar-refractivity contribution in [1.29, 1.82) is 0 Å². The number of thiophene rings is 1. The first-order valence-corrected chi connectivity index (χ1v) is 10.8. The normalized spacial score (nSPS) is 12.2. The summed E-state index contributed by atoms with van der Waals surface area (Å²) in [7, 11) is 0. The topological polar surface area (TPSA) is 101 Å². The number of carbonyl (C=O) groups is 1. The number of aromatic nitrogens is 2. The monoisotopic (exact) mass is 548 g/mol. The number of nitrogens with zero attached hydrogens (tertiary/aromatic N) is 1. The van der Waals surface area contributed by atoms with E-state index in [-0.39, 0.29) is 10.1 Å². The Kier molecular flexibility index (Phi) is 6.35. The molecule has 0 aliphatic carbocycles. The lowest BCUT2D eigenvalue weighted by atomic mass is 10.0. The number of benzene rings is 2. The summed E-state index contributed by atoms with van der Waals surface area (Å²) in [5.74, 6) is -3.15. The van der Waals surface area contributed by atoms with Gasteiger partial charge in [0.25, 0.3) is 5.56 Å². The van der Waals surface area contributed by atoms with Gasteiger partial charge in [-0.2, -0.15) is 26.3 Å². The number of hydrogen-bond acceptors (Lipinski definition) is 5. The Labute approximate surface area is 204 Å². The first-order chi connectivity index (χ1) is 17.2. The number of fused-ring (bicyclic) bond motifs is 1. The molecule has 0 aliphatic rings. The molecule has 0 saturated heterocycles. The summed E-state index contributed by atoms with van der Waals surface area (Å²) in [6.45, 7) is -1.24. The van der Waals surface area contributed by atoms with Gasteiger partial charge in [0.05, 0.1) is 27.7 Å². The summed E-state index contributed by atoms with van der Waals surface area (Å²) in [6.07, 6.45) is -10.3. The van der Waals surface area contributed by atoms with Crippen molar-refractivity contribution in [3.63, 3.8) is 0 Å². The molecule has 2 N–H and O–H groups in total. The minimum atomic E-state index is -5.15. The van der Waals surface area contributed by atoms with Crippen molar-refractivity contribution < 1.29 is 45.4 Å². The average Bonchev–Trinajstić information content (AvgIpc) is 3.22. The van der Waals surface area contributed by atoms with Crippen LogP contribution in [0.2, 0.25) is 0 Å². The van der Waals surface area contributed by atoms with Gasteiger partial charge < -0.3 is 14.8 Å². The van der Waals surface area contributed by atoms with Gasteiger partial charge in [0, 0.05) is 17.0 Å². The van der Waals surface area contributed by atoms with Gasteiger partial charge in [-0.1, -0.05) is 6.07 Å². The maximum atomic E-state index is 14.6. The third-order valence-electron chi connectivity index (χ3n) is 5.18. The van der Waals surface area contributed by atoms with E-state index < -0.39 is 80.4 Å². The smallest absolute Gasteiger partial charge is 0.416 e. The average molecular weight is 548 g/mol. The van der Waals surface area contributed by atoms with Crippen molar-refractivity contribution in [2.75, 3.05) is 0 Å². The fourth-order valence-electron chi connectivity index (χ4n) is 3.60. The second-order valence-electron chi connectivity index (χ2n) is 7.46. The summed E-state index contributed by atoms with van der Waals surface area (Å²) in [5, 5.41) is 10.0. The molecule has 0 bridgehead atoms. The molecule has 7 nitrogen and oxygen atoms in total. The Balaban J connectivity index is 1.80. The van der Waals surface area contributed by atoms with Gasteiger partial charge in [-0.25, -0.2) is 18.5 Å². The van der Waals surface area contributed by atoms with Crippen LogP contribution in [0.15, 0.2) is 51.4 Å². The summed E-state index contributed by atoms with van der Waals surface area (Å²) in [5.41, 5.74) is -7.70. The Morgan fingerprint density at radius 1 is 1.03 bits per heavy atom. The zero-order chi connectivity index (χ0) is 27.3. The van der Waals surface area contributed by atoms with E-state index in [1.54, 1.807) is 0 Å². The number of halogens is 7. The van der Waals surface area contributed by atoms with Gasteiger partial charge in [-0.3, -0.25) is 4.79 Å². The first kappa shape index (κ1) is 25.9. The van der Waals surface area contributed by atoms with Crippen molar-refractivity contribution in [3.8, 4) is 11.4 Å². The predicted octanol–water partition coefficient (Wildman–Crippen LogP) is 5.19. The molecule has 37 heavy (non-hydrogen) atoms. The molecule has 2 aromatic carbocycles. The Hall–Kier alpha value is -4.14. The standard InChI is InChI=1S/C22H11F7N2O5S/c23-13-5-4-9(36-7-10-11(21(24,25)26)2-1-3-12(10)22(27,28)29)6-15(13)31-18(32)16-14(30-20(31)35)8-37-17(16)19(33)34/h1-6,8H,7H2,(H,30,35)(H,33,34). The number of rotatable bonds is 5. The van der Waals surface area contributed by atoms with Gasteiger partial charge in [0.2, 0.25) is 0 Å². The molecule has 0 spiro atoms. The Morgan fingerprint density at radius 3 is 2.22 bits per heavy atom. The minimum absolute atomic E-state index is 0.120. The van der Waals surface area contributed by atoms with Crippen molar-refractivity contribution in [2.24, 2.45) is 0 Å². The van der Waals surface area contributed by atoms with Crippen molar-refractivity contribution in [1.82, 2.24) is 9.55 Å². The molecule has 0 unspecified atom stereocenters. The number of aromatic carboxylic acids is 1.